The lowest BCUT2D eigenvalue weighted by molar-refractivity contribution is -0.125. The zero-order valence-electron chi connectivity index (χ0n) is 14.9. The highest BCUT2D eigenvalue weighted by Crippen LogP contribution is 2.21. The monoisotopic (exact) mass is 356 g/mol. The van der Waals surface area contributed by atoms with Gasteiger partial charge in [0.05, 0.1) is 25.1 Å². The van der Waals surface area contributed by atoms with Crippen molar-refractivity contribution in [3.63, 3.8) is 0 Å². The van der Waals surface area contributed by atoms with Crippen LogP contribution in [0.3, 0.4) is 0 Å². The summed E-state index contributed by atoms with van der Waals surface area (Å²) in [6.45, 7) is 6.84. The third kappa shape index (κ3) is 6.03. The van der Waals surface area contributed by atoms with Gasteiger partial charge in [0.2, 0.25) is 15.9 Å². The normalized spacial score (nSPS) is 11.4. The molecule has 0 radical (unpaired) electrons. The topological polar surface area (TPSA) is 75.7 Å². The van der Waals surface area contributed by atoms with Crippen LogP contribution in [0.25, 0.3) is 0 Å². The van der Waals surface area contributed by atoms with E-state index in [0.29, 0.717) is 18.0 Å². The van der Waals surface area contributed by atoms with Crippen LogP contribution in [-0.2, 0) is 14.8 Å². The van der Waals surface area contributed by atoms with E-state index in [2.05, 4.69) is 5.32 Å². The molecule has 0 spiro atoms. The van der Waals surface area contributed by atoms with Crippen LogP contribution in [0.4, 0.5) is 5.69 Å². The first-order valence-electron chi connectivity index (χ1n) is 8.31. The molecule has 0 bridgehead atoms. The number of hydrogen-bond donors (Lipinski definition) is 1. The highest BCUT2D eigenvalue weighted by molar-refractivity contribution is 7.92. The third-order valence-corrected chi connectivity index (χ3v) is 5.00. The molecule has 0 heterocycles. The van der Waals surface area contributed by atoms with Gasteiger partial charge >= 0.3 is 0 Å². The molecule has 0 saturated carbocycles. The fraction of sp³-hybridized carbons (Fsp3) is 0.588. The van der Waals surface area contributed by atoms with Gasteiger partial charge in [-0.2, -0.15) is 0 Å². The van der Waals surface area contributed by atoms with E-state index in [4.69, 9.17) is 4.74 Å². The Kier molecular flexibility index (Phi) is 8.04. The van der Waals surface area contributed by atoms with Gasteiger partial charge in [0.25, 0.3) is 0 Å². The second kappa shape index (κ2) is 9.52. The van der Waals surface area contributed by atoms with Gasteiger partial charge in [-0.05, 0) is 44.0 Å². The zero-order chi connectivity index (χ0) is 18.2. The highest BCUT2D eigenvalue weighted by Gasteiger charge is 2.19. The number of amides is 1. The molecule has 0 aliphatic rings. The number of sulfonamides is 1. The van der Waals surface area contributed by atoms with Crippen LogP contribution in [0.1, 0.15) is 33.6 Å². The molecule has 136 valence electrons. The molecule has 1 rings (SSSR count). The average molecular weight is 356 g/mol. The fourth-order valence-corrected chi connectivity index (χ4v) is 3.37. The van der Waals surface area contributed by atoms with Gasteiger partial charge < -0.3 is 10.1 Å². The van der Waals surface area contributed by atoms with Crippen LogP contribution in [0.5, 0.6) is 5.75 Å². The average Bonchev–Trinajstić information content (AvgIpc) is 2.53. The Morgan fingerprint density at radius 3 is 2.21 bits per heavy atom. The number of anilines is 1. The first-order chi connectivity index (χ1) is 11.3. The molecule has 6 nitrogen and oxygen atoms in total. The molecule has 0 unspecified atom stereocenters. The van der Waals surface area contributed by atoms with Crippen molar-refractivity contribution >= 4 is 21.6 Å². The van der Waals surface area contributed by atoms with E-state index in [0.717, 1.165) is 19.1 Å². The molecular weight excluding hydrogens is 328 g/mol. The first-order valence-corrected chi connectivity index (χ1v) is 10.2. The smallest absolute Gasteiger partial charge is 0.232 e. The van der Waals surface area contributed by atoms with Crippen LogP contribution in [0.2, 0.25) is 0 Å². The summed E-state index contributed by atoms with van der Waals surface area (Å²) in [5.74, 6) is 0.638. The van der Waals surface area contributed by atoms with Crippen LogP contribution < -0.4 is 14.4 Å². The third-order valence-electron chi connectivity index (χ3n) is 3.81. The molecule has 0 aromatic heterocycles. The molecule has 1 aromatic rings. The lowest BCUT2D eigenvalue weighted by Crippen LogP contribution is -2.39. The van der Waals surface area contributed by atoms with Crippen molar-refractivity contribution in [1.29, 1.82) is 0 Å². The minimum Gasteiger partial charge on any atom is -0.494 e. The molecule has 7 heteroatoms. The summed E-state index contributed by atoms with van der Waals surface area (Å²) >= 11 is 0. The summed E-state index contributed by atoms with van der Waals surface area (Å²) < 4.78 is 30.7. The summed E-state index contributed by atoms with van der Waals surface area (Å²) in [5, 5.41) is 2.82. The largest absolute Gasteiger partial charge is 0.494 e. The van der Waals surface area contributed by atoms with Crippen molar-refractivity contribution in [2.45, 2.75) is 33.6 Å². The Hall–Kier alpha value is -1.76. The zero-order valence-corrected chi connectivity index (χ0v) is 15.7. The maximum atomic E-state index is 12.0. The SMILES string of the molecule is CCOc1ccc(N(CCNC(=O)C(CC)CC)S(C)(=O)=O)cc1. The van der Waals surface area contributed by atoms with Crippen molar-refractivity contribution in [3.05, 3.63) is 24.3 Å². The van der Waals surface area contributed by atoms with Gasteiger partial charge in [-0.1, -0.05) is 13.8 Å². The van der Waals surface area contributed by atoms with Crippen LogP contribution in [0.15, 0.2) is 24.3 Å². The van der Waals surface area contributed by atoms with Gasteiger partial charge in [0.1, 0.15) is 5.75 Å². The molecule has 1 amide bonds. The molecule has 1 N–H and O–H groups in total. The first kappa shape index (κ1) is 20.3. The molecule has 0 saturated heterocycles. The lowest BCUT2D eigenvalue weighted by atomic mass is 10.0. The number of ether oxygens (including phenoxy) is 1. The van der Waals surface area contributed by atoms with Gasteiger partial charge in [-0.3, -0.25) is 9.10 Å². The van der Waals surface area contributed by atoms with E-state index in [9.17, 15) is 13.2 Å². The lowest BCUT2D eigenvalue weighted by Gasteiger charge is -2.23. The molecule has 1 aromatic carbocycles. The summed E-state index contributed by atoms with van der Waals surface area (Å²) in [5.41, 5.74) is 0.553. The van der Waals surface area contributed by atoms with E-state index < -0.39 is 10.0 Å². The van der Waals surface area contributed by atoms with E-state index >= 15 is 0 Å². The molecular formula is C17H28N2O4S. The van der Waals surface area contributed by atoms with E-state index in [-0.39, 0.29) is 24.9 Å². The van der Waals surface area contributed by atoms with Gasteiger partial charge in [0, 0.05) is 12.5 Å². The number of carbonyl (C=O) groups is 1. The number of rotatable bonds is 10. The summed E-state index contributed by atoms with van der Waals surface area (Å²) in [4.78, 5) is 12.0. The molecule has 0 aliphatic heterocycles. The maximum absolute atomic E-state index is 12.0. The fourth-order valence-electron chi connectivity index (χ4n) is 2.45. The van der Waals surface area contributed by atoms with E-state index in [1.165, 1.54) is 4.31 Å². The van der Waals surface area contributed by atoms with E-state index in [1.54, 1.807) is 24.3 Å². The highest BCUT2D eigenvalue weighted by atomic mass is 32.2. The summed E-state index contributed by atoms with van der Waals surface area (Å²) in [7, 11) is -3.43. The maximum Gasteiger partial charge on any atom is 0.232 e. The second-order valence-corrected chi connectivity index (χ2v) is 7.47. The second-order valence-electron chi connectivity index (χ2n) is 5.57. The molecule has 0 aliphatic carbocycles. The Morgan fingerprint density at radius 2 is 1.75 bits per heavy atom. The van der Waals surface area contributed by atoms with Crippen LogP contribution in [0, 0.1) is 5.92 Å². The quantitative estimate of drug-likeness (QED) is 0.698. The minimum absolute atomic E-state index is 0.0258. The Bertz CT molecular complexity index is 610. The van der Waals surface area contributed by atoms with E-state index in [1.807, 2.05) is 20.8 Å². The molecule has 0 atom stereocenters. The predicted molar refractivity (Wildman–Crippen MR) is 96.9 cm³/mol. The van der Waals surface area contributed by atoms with Crippen molar-refractivity contribution in [1.82, 2.24) is 5.32 Å². The number of benzene rings is 1. The molecule has 24 heavy (non-hydrogen) atoms. The van der Waals surface area contributed by atoms with Gasteiger partial charge in [-0.25, -0.2) is 8.42 Å². The summed E-state index contributed by atoms with van der Waals surface area (Å²) in [6.07, 6.45) is 2.71. The van der Waals surface area contributed by atoms with Crippen LogP contribution >= 0.6 is 0 Å². The van der Waals surface area contributed by atoms with Crippen molar-refractivity contribution in [2.75, 3.05) is 30.3 Å². The standard InChI is InChI=1S/C17H28N2O4S/c1-5-14(6-2)17(20)18-12-13-19(24(4,21)22)15-8-10-16(11-9-15)23-7-3/h8-11,14H,5-7,12-13H2,1-4H3,(H,18,20). The van der Waals surface area contributed by atoms with Crippen molar-refractivity contribution in [2.24, 2.45) is 5.92 Å². The number of nitrogens with zero attached hydrogens (tertiary/aromatic N) is 1. The number of hydrogen-bond acceptors (Lipinski definition) is 4. The predicted octanol–water partition coefficient (Wildman–Crippen LogP) is 2.40. The Morgan fingerprint density at radius 1 is 1.17 bits per heavy atom. The van der Waals surface area contributed by atoms with Gasteiger partial charge in [-0.15, -0.1) is 0 Å². The Balaban J connectivity index is 2.75. The van der Waals surface area contributed by atoms with Crippen molar-refractivity contribution in [3.8, 4) is 5.75 Å². The van der Waals surface area contributed by atoms with Gasteiger partial charge in [0.15, 0.2) is 0 Å². The number of nitrogens with one attached hydrogen (secondary N) is 1. The molecule has 0 fully saturated rings. The number of carbonyl (C=O) groups excluding carboxylic acids is 1. The van der Waals surface area contributed by atoms with Crippen molar-refractivity contribution < 1.29 is 17.9 Å². The minimum atomic E-state index is -3.43. The van der Waals surface area contributed by atoms with Crippen LogP contribution in [-0.4, -0.2) is 40.3 Å². The summed E-state index contributed by atoms with van der Waals surface area (Å²) in [6, 6.07) is 6.88. The Labute approximate surface area is 145 Å².